The Bertz CT molecular complexity index is 949. The average molecular weight is 355 g/mol. The number of aromatic amines is 1. The van der Waals surface area contributed by atoms with Crippen molar-refractivity contribution in [3.63, 3.8) is 0 Å². The highest BCUT2D eigenvalue weighted by Crippen LogP contribution is 2.36. The van der Waals surface area contributed by atoms with Crippen LogP contribution in [0.25, 0.3) is 21.1 Å². The minimum Gasteiger partial charge on any atom is -0.462 e. The smallest absolute Gasteiger partial charge is 0.343 e. The Balaban J connectivity index is 2.32. The number of ether oxygens (including phenoxy) is 1. The van der Waals surface area contributed by atoms with Gasteiger partial charge in [0.15, 0.2) is 4.34 Å². The van der Waals surface area contributed by atoms with Gasteiger partial charge >= 0.3 is 5.97 Å². The average Bonchev–Trinajstić information content (AvgIpc) is 2.92. The van der Waals surface area contributed by atoms with E-state index in [-0.39, 0.29) is 12.2 Å². The van der Waals surface area contributed by atoms with Crippen LogP contribution in [-0.4, -0.2) is 28.8 Å². The maximum Gasteiger partial charge on any atom is 0.343 e. The van der Waals surface area contributed by atoms with Crippen molar-refractivity contribution in [1.29, 1.82) is 0 Å². The number of benzene rings is 1. The van der Waals surface area contributed by atoms with Gasteiger partial charge in [0, 0.05) is 6.20 Å². The standard InChI is InChI=1S/C14H11ClN2O3S2/c1-3-20-13(19)7-5-16-10-6(11(7)18)4-8-12(9(10)15)22-14(17-8)21-2/h4-5H,3H2,1-2H3,(H,16,18). The maximum atomic E-state index is 12.5. The number of carbonyl (C=O) groups excluding carboxylic acids is 1. The van der Waals surface area contributed by atoms with Gasteiger partial charge in [-0.05, 0) is 19.2 Å². The van der Waals surface area contributed by atoms with Crippen molar-refractivity contribution < 1.29 is 9.53 Å². The largest absolute Gasteiger partial charge is 0.462 e. The number of rotatable bonds is 3. The predicted octanol–water partition coefficient (Wildman–Crippen LogP) is 3.69. The summed E-state index contributed by atoms with van der Waals surface area (Å²) in [5, 5.41) is 0.777. The maximum absolute atomic E-state index is 12.5. The predicted molar refractivity (Wildman–Crippen MR) is 90.5 cm³/mol. The van der Waals surface area contributed by atoms with Gasteiger partial charge < -0.3 is 9.72 Å². The number of hydrogen-bond acceptors (Lipinski definition) is 6. The molecule has 3 rings (SSSR count). The first-order valence-corrected chi connectivity index (χ1v) is 8.84. The minimum atomic E-state index is -0.648. The summed E-state index contributed by atoms with van der Waals surface area (Å²) in [5.74, 6) is -0.648. The molecule has 1 N–H and O–H groups in total. The third-order valence-corrected chi connectivity index (χ3v) is 5.69. The lowest BCUT2D eigenvalue weighted by atomic mass is 10.1. The van der Waals surface area contributed by atoms with E-state index in [2.05, 4.69) is 9.97 Å². The molecule has 0 saturated carbocycles. The molecule has 114 valence electrons. The van der Waals surface area contributed by atoms with E-state index in [0.717, 1.165) is 9.04 Å². The molecule has 0 aliphatic carbocycles. The lowest BCUT2D eigenvalue weighted by Crippen LogP contribution is -2.18. The highest BCUT2D eigenvalue weighted by molar-refractivity contribution is 8.00. The summed E-state index contributed by atoms with van der Waals surface area (Å²) in [5.41, 5.74) is 0.710. The Labute approximate surface area is 138 Å². The Morgan fingerprint density at radius 2 is 2.32 bits per heavy atom. The second kappa shape index (κ2) is 5.91. The number of H-pyrrole nitrogens is 1. The van der Waals surface area contributed by atoms with E-state index in [1.165, 1.54) is 29.3 Å². The number of nitrogens with zero attached hydrogens (tertiary/aromatic N) is 1. The van der Waals surface area contributed by atoms with E-state index in [1.54, 1.807) is 13.0 Å². The number of esters is 1. The van der Waals surface area contributed by atoms with E-state index >= 15 is 0 Å². The summed E-state index contributed by atoms with van der Waals surface area (Å²) in [6.07, 6.45) is 3.27. The molecule has 2 heterocycles. The van der Waals surface area contributed by atoms with Crippen LogP contribution >= 0.6 is 34.7 Å². The van der Waals surface area contributed by atoms with Crippen LogP contribution in [0.5, 0.6) is 0 Å². The lowest BCUT2D eigenvalue weighted by molar-refractivity contribution is 0.0524. The van der Waals surface area contributed by atoms with Crippen molar-refractivity contribution in [3.8, 4) is 0 Å². The van der Waals surface area contributed by atoms with E-state index in [1.807, 2.05) is 6.26 Å². The second-order valence-corrected chi connectivity index (χ2v) is 6.83. The van der Waals surface area contributed by atoms with Gasteiger partial charge in [-0.1, -0.05) is 23.4 Å². The van der Waals surface area contributed by atoms with E-state index in [0.29, 0.717) is 21.4 Å². The van der Waals surface area contributed by atoms with Crippen molar-refractivity contribution in [2.75, 3.05) is 12.9 Å². The lowest BCUT2D eigenvalue weighted by Gasteiger charge is -2.05. The normalized spacial score (nSPS) is 11.2. The van der Waals surface area contributed by atoms with E-state index in [9.17, 15) is 9.59 Å². The minimum absolute atomic E-state index is 0.0370. The molecule has 8 heteroatoms. The van der Waals surface area contributed by atoms with Crippen LogP contribution in [0.1, 0.15) is 17.3 Å². The fourth-order valence-electron chi connectivity index (χ4n) is 2.13. The molecule has 2 aromatic heterocycles. The number of thioether (sulfide) groups is 1. The molecule has 0 aliphatic rings. The van der Waals surface area contributed by atoms with Crippen LogP contribution in [0, 0.1) is 0 Å². The van der Waals surface area contributed by atoms with Gasteiger partial charge in [0.25, 0.3) is 0 Å². The number of hydrogen-bond donors (Lipinski definition) is 1. The first kappa shape index (κ1) is 15.3. The van der Waals surface area contributed by atoms with Crippen LogP contribution in [-0.2, 0) is 4.74 Å². The Morgan fingerprint density at radius 3 is 3.00 bits per heavy atom. The van der Waals surface area contributed by atoms with Crippen LogP contribution in [0.15, 0.2) is 21.4 Å². The number of aromatic nitrogens is 2. The quantitative estimate of drug-likeness (QED) is 0.573. The Morgan fingerprint density at radius 1 is 1.55 bits per heavy atom. The topological polar surface area (TPSA) is 72.1 Å². The van der Waals surface area contributed by atoms with Crippen molar-refractivity contribution in [2.24, 2.45) is 0 Å². The van der Waals surface area contributed by atoms with Crippen molar-refractivity contribution in [3.05, 3.63) is 33.1 Å². The monoisotopic (exact) mass is 354 g/mol. The third kappa shape index (κ3) is 2.39. The van der Waals surface area contributed by atoms with Crippen molar-refractivity contribution in [1.82, 2.24) is 9.97 Å². The van der Waals surface area contributed by atoms with Crippen molar-refractivity contribution >= 4 is 61.8 Å². The molecule has 0 saturated heterocycles. The van der Waals surface area contributed by atoms with Gasteiger partial charge in [-0.15, -0.1) is 11.3 Å². The fourth-order valence-corrected chi connectivity index (χ4v) is 3.99. The Kier molecular flexibility index (Phi) is 4.12. The number of nitrogens with one attached hydrogen (secondary N) is 1. The number of carbonyl (C=O) groups is 1. The van der Waals surface area contributed by atoms with Gasteiger partial charge in [-0.25, -0.2) is 9.78 Å². The molecular formula is C14H11ClN2O3S2. The fraction of sp³-hybridized carbons (Fsp3) is 0.214. The summed E-state index contributed by atoms with van der Waals surface area (Å²) in [6, 6.07) is 1.66. The molecular weight excluding hydrogens is 344 g/mol. The van der Waals surface area contributed by atoms with Gasteiger partial charge in [0.05, 0.1) is 32.7 Å². The van der Waals surface area contributed by atoms with E-state index < -0.39 is 11.4 Å². The SMILES string of the molecule is CCOC(=O)c1c[nH]c2c(Cl)c3sc(SC)nc3cc2c1=O. The number of thiazole rings is 1. The highest BCUT2D eigenvalue weighted by Gasteiger charge is 2.18. The first-order chi connectivity index (χ1) is 10.6. The zero-order chi connectivity index (χ0) is 15.9. The Hall–Kier alpha value is -1.57. The molecule has 1 aromatic carbocycles. The molecule has 0 amide bonds. The summed E-state index contributed by atoms with van der Waals surface area (Å²) < 4.78 is 6.57. The van der Waals surface area contributed by atoms with Gasteiger partial charge in [-0.3, -0.25) is 4.79 Å². The van der Waals surface area contributed by atoms with Gasteiger partial charge in [0.1, 0.15) is 5.56 Å². The van der Waals surface area contributed by atoms with Crippen LogP contribution in [0.3, 0.4) is 0 Å². The number of fused-ring (bicyclic) bond motifs is 2. The first-order valence-electron chi connectivity index (χ1n) is 6.42. The molecule has 0 atom stereocenters. The zero-order valence-corrected chi connectivity index (χ0v) is 14.1. The molecule has 0 spiro atoms. The third-order valence-electron chi connectivity index (χ3n) is 3.12. The summed E-state index contributed by atoms with van der Waals surface area (Å²) in [4.78, 5) is 31.7. The molecule has 0 radical (unpaired) electrons. The molecule has 0 bridgehead atoms. The number of pyridine rings is 1. The summed E-state index contributed by atoms with van der Waals surface area (Å²) in [7, 11) is 0. The molecule has 0 fully saturated rings. The van der Waals surface area contributed by atoms with Crippen LogP contribution < -0.4 is 5.43 Å². The zero-order valence-electron chi connectivity index (χ0n) is 11.7. The van der Waals surface area contributed by atoms with E-state index in [4.69, 9.17) is 16.3 Å². The molecule has 3 aromatic rings. The summed E-state index contributed by atoms with van der Waals surface area (Å²) in [6.45, 7) is 1.89. The number of halogens is 1. The van der Waals surface area contributed by atoms with Crippen LogP contribution in [0.4, 0.5) is 0 Å². The van der Waals surface area contributed by atoms with Gasteiger partial charge in [-0.2, -0.15) is 0 Å². The van der Waals surface area contributed by atoms with Gasteiger partial charge in [0.2, 0.25) is 5.43 Å². The highest BCUT2D eigenvalue weighted by atomic mass is 35.5. The van der Waals surface area contributed by atoms with Crippen LogP contribution in [0.2, 0.25) is 5.02 Å². The summed E-state index contributed by atoms with van der Waals surface area (Å²) >= 11 is 9.37. The molecule has 0 unspecified atom stereocenters. The van der Waals surface area contributed by atoms with Crippen molar-refractivity contribution in [2.45, 2.75) is 11.3 Å². The molecule has 22 heavy (non-hydrogen) atoms. The molecule has 0 aliphatic heterocycles. The second-order valence-electron chi connectivity index (χ2n) is 4.40. The molecule has 5 nitrogen and oxygen atoms in total.